The molecule has 0 fully saturated rings. The summed E-state index contributed by atoms with van der Waals surface area (Å²) in [7, 11) is 0. The molecule has 17 heavy (non-hydrogen) atoms. The number of hydrogen-bond donors (Lipinski definition) is 1. The van der Waals surface area contributed by atoms with Crippen LogP contribution in [-0.4, -0.2) is 14.9 Å². The third-order valence-electron chi connectivity index (χ3n) is 2.54. The van der Waals surface area contributed by atoms with E-state index in [1.165, 1.54) is 0 Å². The summed E-state index contributed by atoms with van der Waals surface area (Å²) >= 11 is 9.40. The molecule has 1 unspecified atom stereocenters. The number of aromatic nitrogens is 2. The van der Waals surface area contributed by atoms with Gasteiger partial charge in [0.15, 0.2) is 0 Å². The highest BCUT2D eigenvalue weighted by atomic mass is 79.9. The minimum Gasteiger partial charge on any atom is -0.389 e. The first-order valence-electron chi connectivity index (χ1n) is 5.18. The smallest absolute Gasteiger partial charge is 0.0819 e. The second-order valence-corrected chi connectivity index (χ2v) is 5.15. The van der Waals surface area contributed by atoms with Crippen LogP contribution in [-0.2, 0) is 0 Å². The summed E-state index contributed by atoms with van der Waals surface area (Å²) in [5.41, 5.74) is 2.54. The van der Waals surface area contributed by atoms with Crippen molar-refractivity contribution in [2.24, 2.45) is 0 Å². The average Bonchev–Trinajstić information content (AvgIpc) is 2.58. The van der Waals surface area contributed by atoms with E-state index in [0.717, 1.165) is 21.4 Å². The Morgan fingerprint density at radius 2 is 2.18 bits per heavy atom. The molecule has 0 radical (unpaired) electrons. The number of halogens is 2. The zero-order valence-electron chi connectivity index (χ0n) is 9.48. The summed E-state index contributed by atoms with van der Waals surface area (Å²) in [6.45, 7) is 3.59. The van der Waals surface area contributed by atoms with Gasteiger partial charge in [-0.25, -0.2) is 4.68 Å². The van der Waals surface area contributed by atoms with E-state index >= 15 is 0 Å². The quantitative estimate of drug-likeness (QED) is 0.918. The second kappa shape index (κ2) is 4.80. The maximum absolute atomic E-state index is 9.54. The van der Waals surface area contributed by atoms with Crippen molar-refractivity contribution in [2.75, 3.05) is 0 Å². The number of aliphatic hydroxyl groups is 1. The number of nitrogens with zero attached hydrogens (tertiary/aromatic N) is 2. The van der Waals surface area contributed by atoms with Crippen molar-refractivity contribution < 1.29 is 5.11 Å². The lowest BCUT2D eigenvalue weighted by molar-refractivity contribution is 0.198. The minimum atomic E-state index is -0.499. The molecule has 5 heteroatoms. The SMILES string of the molecule is Cc1nn(-c2ccc(C(C)O)c(Br)c2)cc1Cl. The van der Waals surface area contributed by atoms with Crippen molar-refractivity contribution >= 4 is 27.5 Å². The molecule has 1 N–H and O–H groups in total. The van der Waals surface area contributed by atoms with Crippen LogP contribution >= 0.6 is 27.5 Å². The molecule has 0 saturated carbocycles. The van der Waals surface area contributed by atoms with Gasteiger partial charge in [-0.1, -0.05) is 33.6 Å². The molecule has 0 aliphatic heterocycles. The number of aryl methyl sites for hydroxylation is 1. The predicted molar refractivity (Wildman–Crippen MR) is 71.6 cm³/mol. The summed E-state index contributed by atoms with van der Waals surface area (Å²) in [5, 5.41) is 14.5. The Morgan fingerprint density at radius 1 is 1.47 bits per heavy atom. The van der Waals surface area contributed by atoms with Crippen LogP contribution in [0.4, 0.5) is 0 Å². The Kier molecular flexibility index (Phi) is 3.56. The van der Waals surface area contributed by atoms with Crippen molar-refractivity contribution in [1.82, 2.24) is 9.78 Å². The molecular formula is C12H12BrClN2O. The molecule has 1 heterocycles. The molecule has 1 aromatic carbocycles. The van der Waals surface area contributed by atoms with Crippen molar-refractivity contribution in [3.63, 3.8) is 0 Å². The third kappa shape index (κ3) is 2.54. The minimum absolute atomic E-state index is 0.499. The number of aliphatic hydroxyl groups excluding tert-OH is 1. The molecule has 0 saturated heterocycles. The van der Waals surface area contributed by atoms with E-state index < -0.39 is 6.10 Å². The van der Waals surface area contributed by atoms with E-state index in [9.17, 15) is 5.11 Å². The molecule has 1 aromatic heterocycles. The van der Waals surface area contributed by atoms with Gasteiger partial charge < -0.3 is 5.11 Å². The fourth-order valence-corrected chi connectivity index (χ4v) is 2.40. The summed E-state index contributed by atoms with van der Waals surface area (Å²) < 4.78 is 2.57. The Balaban J connectivity index is 2.44. The highest BCUT2D eigenvalue weighted by molar-refractivity contribution is 9.10. The first-order chi connectivity index (χ1) is 7.99. The van der Waals surface area contributed by atoms with Gasteiger partial charge in [-0.05, 0) is 31.5 Å². The molecular weight excluding hydrogens is 304 g/mol. The van der Waals surface area contributed by atoms with Gasteiger partial charge in [0.2, 0.25) is 0 Å². The van der Waals surface area contributed by atoms with E-state index in [1.54, 1.807) is 17.8 Å². The highest BCUT2D eigenvalue weighted by Gasteiger charge is 2.09. The zero-order chi connectivity index (χ0) is 12.6. The molecule has 3 nitrogen and oxygen atoms in total. The molecule has 0 aliphatic rings. The number of benzene rings is 1. The lowest BCUT2D eigenvalue weighted by atomic mass is 10.1. The molecule has 1 atom stereocenters. The molecule has 90 valence electrons. The van der Waals surface area contributed by atoms with E-state index in [4.69, 9.17) is 11.6 Å². The van der Waals surface area contributed by atoms with Crippen molar-refractivity contribution in [2.45, 2.75) is 20.0 Å². The monoisotopic (exact) mass is 314 g/mol. The molecule has 0 spiro atoms. The topological polar surface area (TPSA) is 38.0 Å². The maximum atomic E-state index is 9.54. The third-order valence-corrected chi connectivity index (χ3v) is 3.60. The van der Waals surface area contributed by atoms with Crippen LogP contribution in [0.1, 0.15) is 24.3 Å². The Labute approximate surface area is 113 Å². The summed E-state index contributed by atoms with van der Waals surface area (Å²) in [5.74, 6) is 0. The summed E-state index contributed by atoms with van der Waals surface area (Å²) in [6, 6.07) is 5.68. The Bertz CT molecular complexity index is 532. The first-order valence-corrected chi connectivity index (χ1v) is 6.36. The molecule has 0 aliphatic carbocycles. The Hall–Kier alpha value is -0.840. The number of hydrogen-bond acceptors (Lipinski definition) is 2. The van der Waals surface area contributed by atoms with Crippen molar-refractivity contribution in [3.05, 3.63) is 45.1 Å². The summed E-state index contributed by atoms with van der Waals surface area (Å²) in [6.07, 6.45) is 1.27. The lowest BCUT2D eigenvalue weighted by Gasteiger charge is -2.09. The van der Waals surface area contributed by atoms with Gasteiger partial charge in [0, 0.05) is 10.7 Å². The average molecular weight is 316 g/mol. The zero-order valence-corrected chi connectivity index (χ0v) is 11.8. The van der Waals surface area contributed by atoms with Gasteiger partial charge in [0.25, 0.3) is 0 Å². The van der Waals surface area contributed by atoms with E-state index in [0.29, 0.717) is 5.02 Å². The Morgan fingerprint density at radius 3 is 2.65 bits per heavy atom. The van der Waals surface area contributed by atoms with Crippen LogP contribution < -0.4 is 0 Å². The van der Waals surface area contributed by atoms with Crippen LogP contribution in [0.2, 0.25) is 5.02 Å². The first kappa shape index (κ1) is 12.6. The van der Waals surface area contributed by atoms with Gasteiger partial charge in [-0.15, -0.1) is 0 Å². The van der Waals surface area contributed by atoms with Gasteiger partial charge in [-0.2, -0.15) is 5.10 Å². The number of rotatable bonds is 2. The van der Waals surface area contributed by atoms with Gasteiger partial charge in [0.05, 0.1) is 22.5 Å². The van der Waals surface area contributed by atoms with E-state index in [1.807, 2.05) is 25.1 Å². The highest BCUT2D eigenvalue weighted by Crippen LogP contribution is 2.26. The standard InChI is InChI=1S/C12H12BrClN2O/c1-7-12(14)6-16(15-7)9-3-4-10(8(2)17)11(13)5-9/h3-6,8,17H,1-2H3. The van der Waals surface area contributed by atoms with Crippen molar-refractivity contribution in [3.8, 4) is 5.69 Å². The fourth-order valence-electron chi connectivity index (χ4n) is 1.57. The van der Waals surface area contributed by atoms with E-state index in [-0.39, 0.29) is 0 Å². The lowest BCUT2D eigenvalue weighted by Crippen LogP contribution is -1.98. The van der Waals surface area contributed by atoms with Crippen LogP contribution in [0.25, 0.3) is 5.69 Å². The summed E-state index contributed by atoms with van der Waals surface area (Å²) in [4.78, 5) is 0. The van der Waals surface area contributed by atoms with Gasteiger partial charge in [0.1, 0.15) is 0 Å². The molecule has 2 rings (SSSR count). The van der Waals surface area contributed by atoms with E-state index in [2.05, 4.69) is 21.0 Å². The molecule has 2 aromatic rings. The van der Waals surface area contributed by atoms with Gasteiger partial charge >= 0.3 is 0 Å². The molecule has 0 bridgehead atoms. The maximum Gasteiger partial charge on any atom is 0.0819 e. The van der Waals surface area contributed by atoms with Crippen LogP contribution in [0.5, 0.6) is 0 Å². The van der Waals surface area contributed by atoms with Crippen LogP contribution in [0.3, 0.4) is 0 Å². The van der Waals surface area contributed by atoms with Crippen LogP contribution in [0.15, 0.2) is 28.9 Å². The largest absolute Gasteiger partial charge is 0.389 e. The normalized spacial score (nSPS) is 12.8. The molecule has 0 amide bonds. The predicted octanol–water partition coefficient (Wildman–Crippen LogP) is 3.65. The second-order valence-electron chi connectivity index (χ2n) is 3.89. The fraction of sp³-hybridized carbons (Fsp3) is 0.250. The van der Waals surface area contributed by atoms with Gasteiger partial charge in [-0.3, -0.25) is 0 Å². The van der Waals surface area contributed by atoms with Crippen LogP contribution in [0, 0.1) is 6.92 Å². The van der Waals surface area contributed by atoms with Crippen molar-refractivity contribution in [1.29, 1.82) is 0 Å².